The van der Waals surface area contributed by atoms with Gasteiger partial charge in [0.1, 0.15) is 0 Å². The molecule has 0 aliphatic rings. The fourth-order valence-corrected chi connectivity index (χ4v) is 0.910. The predicted octanol–water partition coefficient (Wildman–Crippen LogP) is 1.02. The standard InChI is InChI=1S/C8H18O2/c1-4-6(2)8(10)7(3)5-9/h6-10H,4-5H2,1-3H3/t6-,7-,8-/m0/s1. The van der Waals surface area contributed by atoms with Gasteiger partial charge in [0, 0.05) is 12.5 Å². The van der Waals surface area contributed by atoms with Crippen LogP contribution in [0.1, 0.15) is 27.2 Å². The van der Waals surface area contributed by atoms with Gasteiger partial charge in [-0.25, -0.2) is 0 Å². The van der Waals surface area contributed by atoms with Crippen LogP contribution >= 0.6 is 0 Å². The Morgan fingerprint density at radius 1 is 1.20 bits per heavy atom. The molecule has 0 aromatic rings. The van der Waals surface area contributed by atoms with Gasteiger partial charge >= 0.3 is 0 Å². The van der Waals surface area contributed by atoms with E-state index in [1.807, 2.05) is 20.8 Å². The smallest absolute Gasteiger partial charge is 0.0613 e. The Balaban J connectivity index is 3.69. The molecule has 2 N–H and O–H groups in total. The third-order valence-electron chi connectivity index (χ3n) is 2.10. The SMILES string of the molecule is CC[C@H](C)[C@H](O)[C@@H](C)CO. The molecule has 0 aromatic carbocycles. The molecular weight excluding hydrogens is 128 g/mol. The first-order chi connectivity index (χ1) is 4.63. The Bertz CT molecular complexity index is 73.3. The molecule has 0 saturated heterocycles. The zero-order valence-corrected chi connectivity index (χ0v) is 7.04. The van der Waals surface area contributed by atoms with Crippen molar-refractivity contribution < 1.29 is 10.2 Å². The summed E-state index contributed by atoms with van der Waals surface area (Å²) in [5.41, 5.74) is 0. The molecule has 0 saturated carbocycles. The highest BCUT2D eigenvalue weighted by atomic mass is 16.3. The normalized spacial score (nSPS) is 20.1. The minimum absolute atomic E-state index is 0.00921. The predicted molar refractivity (Wildman–Crippen MR) is 41.7 cm³/mol. The largest absolute Gasteiger partial charge is 0.396 e. The highest BCUT2D eigenvalue weighted by Crippen LogP contribution is 2.14. The second-order valence-electron chi connectivity index (χ2n) is 3.04. The van der Waals surface area contributed by atoms with E-state index < -0.39 is 0 Å². The van der Waals surface area contributed by atoms with Crippen molar-refractivity contribution in [1.82, 2.24) is 0 Å². The van der Waals surface area contributed by atoms with Crippen LogP contribution in [0.3, 0.4) is 0 Å². The van der Waals surface area contributed by atoms with Gasteiger partial charge in [0.05, 0.1) is 6.10 Å². The summed E-state index contributed by atoms with van der Waals surface area (Å²) in [7, 11) is 0. The van der Waals surface area contributed by atoms with Crippen LogP contribution in [0, 0.1) is 11.8 Å². The summed E-state index contributed by atoms with van der Waals surface area (Å²) in [6.45, 7) is 5.97. The molecule has 0 bridgehead atoms. The highest BCUT2D eigenvalue weighted by Gasteiger charge is 2.18. The summed E-state index contributed by atoms with van der Waals surface area (Å²) in [6, 6.07) is 0. The van der Waals surface area contributed by atoms with Crippen LogP contribution < -0.4 is 0 Å². The van der Waals surface area contributed by atoms with Crippen molar-refractivity contribution in [3.63, 3.8) is 0 Å². The van der Waals surface area contributed by atoms with E-state index >= 15 is 0 Å². The van der Waals surface area contributed by atoms with Crippen molar-refractivity contribution in [2.45, 2.75) is 33.3 Å². The summed E-state index contributed by atoms with van der Waals surface area (Å²) in [6.07, 6.45) is 0.612. The monoisotopic (exact) mass is 146 g/mol. The molecular formula is C8H18O2. The van der Waals surface area contributed by atoms with Crippen molar-refractivity contribution in [1.29, 1.82) is 0 Å². The molecule has 0 aliphatic heterocycles. The first kappa shape index (κ1) is 9.92. The van der Waals surface area contributed by atoms with Crippen LogP contribution in [0.5, 0.6) is 0 Å². The lowest BCUT2D eigenvalue weighted by Crippen LogP contribution is -2.27. The average molecular weight is 146 g/mol. The van der Waals surface area contributed by atoms with Crippen molar-refractivity contribution in [3.05, 3.63) is 0 Å². The van der Waals surface area contributed by atoms with Gasteiger partial charge in [-0.1, -0.05) is 27.2 Å². The van der Waals surface area contributed by atoms with E-state index in [0.29, 0.717) is 5.92 Å². The van der Waals surface area contributed by atoms with E-state index in [0.717, 1.165) is 6.42 Å². The molecule has 0 aromatic heterocycles. The summed E-state index contributed by atoms with van der Waals surface area (Å²) in [4.78, 5) is 0. The number of aliphatic hydroxyl groups excluding tert-OH is 2. The maximum Gasteiger partial charge on any atom is 0.0613 e. The molecule has 2 nitrogen and oxygen atoms in total. The molecule has 0 fully saturated rings. The van der Waals surface area contributed by atoms with Crippen molar-refractivity contribution in [2.24, 2.45) is 11.8 Å². The Kier molecular flexibility index (Phi) is 4.65. The third-order valence-corrected chi connectivity index (χ3v) is 2.10. The van der Waals surface area contributed by atoms with E-state index in [2.05, 4.69) is 0 Å². The summed E-state index contributed by atoms with van der Waals surface area (Å²) in [5, 5.41) is 18.1. The molecule has 0 rings (SSSR count). The van der Waals surface area contributed by atoms with Crippen LogP contribution in [-0.4, -0.2) is 22.9 Å². The molecule has 0 spiro atoms. The summed E-state index contributed by atoms with van der Waals surface area (Å²) < 4.78 is 0. The van der Waals surface area contributed by atoms with Crippen LogP contribution in [0.15, 0.2) is 0 Å². The first-order valence-corrected chi connectivity index (χ1v) is 3.92. The molecule has 62 valence electrons. The molecule has 0 amide bonds. The van der Waals surface area contributed by atoms with E-state index in [9.17, 15) is 5.11 Å². The highest BCUT2D eigenvalue weighted by molar-refractivity contribution is 4.68. The van der Waals surface area contributed by atoms with E-state index in [4.69, 9.17) is 5.11 Å². The van der Waals surface area contributed by atoms with Gasteiger partial charge in [-0.3, -0.25) is 0 Å². The van der Waals surface area contributed by atoms with Crippen LogP contribution in [0.25, 0.3) is 0 Å². The molecule has 2 heteroatoms. The van der Waals surface area contributed by atoms with Crippen LogP contribution in [-0.2, 0) is 0 Å². The van der Waals surface area contributed by atoms with Crippen molar-refractivity contribution >= 4 is 0 Å². The molecule has 0 heterocycles. The van der Waals surface area contributed by atoms with E-state index in [-0.39, 0.29) is 18.6 Å². The number of hydrogen-bond acceptors (Lipinski definition) is 2. The van der Waals surface area contributed by atoms with Crippen LogP contribution in [0.2, 0.25) is 0 Å². The fourth-order valence-electron chi connectivity index (χ4n) is 0.910. The minimum Gasteiger partial charge on any atom is -0.396 e. The third kappa shape index (κ3) is 2.67. The molecule has 3 atom stereocenters. The van der Waals surface area contributed by atoms with Crippen molar-refractivity contribution in [3.8, 4) is 0 Å². The lowest BCUT2D eigenvalue weighted by molar-refractivity contribution is 0.0356. The second-order valence-corrected chi connectivity index (χ2v) is 3.04. The number of rotatable bonds is 4. The van der Waals surface area contributed by atoms with Gasteiger partial charge in [0.2, 0.25) is 0 Å². The van der Waals surface area contributed by atoms with Gasteiger partial charge in [-0.15, -0.1) is 0 Å². The Labute approximate surface area is 62.9 Å². The average Bonchev–Trinajstić information content (AvgIpc) is 2.00. The van der Waals surface area contributed by atoms with Gasteiger partial charge in [-0.05, 0) is 5.92 Å². The zero-order chi connectivity index (χ0) is 8.15. The van der Waals surface area contributed by atoms with Gasteiger partial charge < -0.3 is 10.2 Å². The minimum atomic E-state index is -0.352. The van der Waals surface area contributed by atoms with Gasteiger partial charge in [0.15, 0.2) is 0 Å². The van der Waals surface area contributed by atoms with E-state index in [1.165, 1.54) is 0 Å². The number of aliphatic hydroxyl groups is 2. The fraction of sp³-hybridized carbons (Fsp3) is 1.00. The molecule has 10 heavy (non-hydrogen) atoms. The maximum atomic E-state index is 9.43. The summed E-state index contributed by atoms with van der Waals surface area (Å²) in [5.74, 6) is 0.303. The molecule has 0 aliphatic carbocycles. The van der Waals surface area contributed by atoms with Crippen molar-refractivity contribution in [2.75, 3.05) is 6.61 Å². The molecule has 0 unspecified atom stereocenters. The Morgan fingerprint density at radius 3 is 2.00 bits per heavy atom. The number of hydrogen-bond donors (Lipinski definition) is 2. The lowest BCUT2D eigenvalue weighted by Gasteiger charge is -2.21. The quantitative estimate of drug-likeness (QED) is 0.621. The Hall–Kier alpha value is -0.0800. The van der Waals surface area contributed by atoms with Crippen LogP contribution in [0.4, 0.5) is 0 Å². The first-order valence-electron chi connectivity index (χ1n) is 3.92. The zero-order valence-electron chi connectivity index (χ0n) is 7.04. The Morgan fingerprint density at radius 2 is 1.70 bits per heavy atom. The van der Waals surface area contributed by atoms with Gasteiger partial charge in [0.25, 0.3) is 0 Å². The summed E-state index contributed by atoms with van der Waals surface area (Å²) >= 11 is 0. The topological polar surface area (TPSA) is 40.5 Å². The maximum absolute atomic E-state index is 9.43. The lowest BCUT2D eigenvalue weighted by atomic mass is 9.92. The molecule has 0 radical (unpaired) electrons. The van der Waals surface area contributed by atoms with E-state index in [1.54, 1.807) is 0 Å². The van der Waals surface area contributed by atoms with Gasteiger partial charge in [-0.2, -0.15) is 0 Å². The second kappa shape index (κ2) is 4.69.